The van der Waals surface area contributed by atoms with Crippen LogP contribution in [0.15, 0.2) is 60.3 Å². The summed E-state index contributed by atoms with van der Waals surface area (Å²) in [4.78, 5) is 43.9. The maximum absolute atomic E-state index is 14.0. The molecule has 9 nitrogen and oxygen atoms in total. The number of aromatic nitrogens is 1. The topological polar surface area (TPSA) is 105 Å². The molecule has 2 heterocycles. The fourth-order valence-corrected chi connectivity index (χ4v) is 6.59. The quantitative estimate of drug-likeness (QED) is 0.271. The first-order valence-corrected chi connectivity index (χ1v) is 14.1. The molecule has 0 bridgehead atoms. The number of thiazole rings is 1. The maximum Gasteiger partial charge on any atom is 0.338 e. The van der Waals surface area contributed by atoms with E-state index < -0.39 is 18.0 Å². The lowest BCUT2D eigenvalue weighted by Gasteiger charge is -2.26. The van der Waals surface area contributed by atoms with Gasteiger partial charge in [0, 0.05) is 28.6 Å². The highest BCUT2D eigenvalue weighted by Gasteiger charge is 2.35. The molecule has 204 valence electrons. The lowest BCUT2D eigenvalue weighted by molar-refractivity contribution is -0.139. The molecule has 39 heavy (non-hydrogen) atoms. The van der Waals surface area contributed by atoms with Gasteiger partial charge in [-0.1, -0.05) is 27.3 Å². The number of benzene rings is 2. The Balaban J connectivity index is 2.02. The van der Waals surface area contributed by atoms with Gasteiger partial charge in [0.25, 0.3) is 5.56 Å². The van der Waals surface area contributed by atoms with Crippen molar-refractivity contribution >= 4 is 61.2 Å². The Bertz CT molecular complexity index is 1690. The molecule has 12 heteroatoms. The molecule has 0 unspecified atom stereocenters. The van der Waals surface area contributed by atoms with Crippen LogP contribution in [0.3, 0.4) is 0 Å². The van der Waals surface area contributed by atoms with Crippen molar-refractivity contribution in [3.63, 3.8) is 0 Å². The van der Waals surface area contributed by atoms with Crippen molar-refractivity contribution in [3.05, 3.63) is 81.4 Å². The molecular weight excluding hydrogens is 656 g/mol. The van der Waals surface area contributed by atoms with E-state index in [1.165, 1.54) is 25.7 Å². The average Bonchev–Trinajstić information content (AvgIpc) is 3.18. The molecule has 1 aliphatic rings. The van der Waals surface area contributed by atoms with E-state index in [9.17, 15) is 14.4 Å². The number of esters is 2. The fourth-order valence-electron chi connectivity index (χ4n) is 4.21. The zero-order valence-electron chi connectivity index (χ0n) is 21.7. The molecule has 4 rings (SSSR count). The highest BCUT2D eigenvalue weighted by molar-refractivity contribution is 9.11. The lowest BCUT2D eigenvalue weighted by atomic mass is 9.95. The SMILES string of the molecule is CCOC(=O)C1=C(C)N=c2s/c(=C\c3cc(Br)cc(Br)c3OC(C)=O)c(=O)n2[C@@H]1c1ccc(OC)cc1OC. The number of ether oxygens (including phenoxy) is 4. The monoisotopic (exact) mass is 678 g/mol. The number of halogens is 2. The minimum absolute atomic E-state index is 0.156. The normalized spacial score (nSPS) is 14.9. The first-order chi connectivity index (χ1) is 18.6. The molecule has 0 spiro atoms. The van der Waals surface area contributed by atoms with E-state index in [0.717, 1.165) is 11.3 Å². The van der Waals surface area contributed by atoms with E-state index in [-0.39, 0.29) is 23.5 Å². The third kappa shape index (κ3) is 5.73. The number of allylic oxidation sites excluding steroid dienone is 1. The van der Waals surface area contributed by atoms with Crippen LogP contribution in [-0.2, 0) is 14.3 Å². The number of rotatable bonds is 7. The highest BCUT2D eigenvalue weighted by atomic mass is 79.9. The summed E-state index contributed by atoms with van der Waals surface area (Å²) in [6, 6.07) is 7.78. The summed E-state index contributed by atoms with van der Waals surface area (Å²) in [5.41, 5.74) is 1.33. The second-order valence-corrected chi connectivity index (χ2v) is 11.1. The molecule has 0 N–H and O–H groups in total. The summed E-state index contributed by atoms with van der Waals surface area (Å²) in [5, 5.41) is 0. The minimum Gasteiger partial charge on any atom is -0.497 e. The van der Waals surface area contributed by atoms with Gasteiger partial charge in [-0.15, -0.1) is 0 Å². The molecule has 2 aromatic carbocycles. The summed E-state index contributed by atoms with van der Waals surface area (Å²) in [7, 11) is 3.04. The number of hydrogen-bond donors (Lipinski definition) is 0. The van der Waals surface area contributed by atoms with Crippen LogP contribution in [0.2, 0.25) is 0 Å². The van der Waals surface area contributed by atoms with Gasteiger partial charge in [0.05, 0.1) is 41.1 Å². The first-order valence-electron chi connectivity index (χ1n) is 11.7. The van der Waals surface area contributed by atoms with Crippen molar-refractivity contribution in [2.45, 2.75) is 26.8 Å². The van der Waals surface area contributed by atoms with Gasteiger partial charge in [-0.2, -0.15) is 0 Å². The van der Waals surface area contributed by atoms with Gasteiger partial charge in [-0.3, -0.25) is 14.2 Å². The Morgan fingerprint density at radius 3 is 2.54 bits per heavy atom. The molecule has 0 fully saturated rings. The number of fused-ring (bicyclic) bond motifs is 1. The van der Waals surface area contributed by atoms with E-state index in [1.54, 1.807) is 50.3 Å². The predicted octanol–water partition coefficient (Wildman–Crippen LogP) is 4.27. The molecule has 0 radical (unpaired) electrons. The second-order valence-electron chi connectivity index (χ2n) is 8.31. The average molecular weight is 680 g/mol. The molecule has 1 atom stereocenters. The number of carbonyl (C=O) groups excluding carboxylic acids is 2. The van der Waals surface area contributed by atoms with Crippen molar-refractivity contribution in [2.75, 3.05) is 20.8 Å². The smallest absolute Gasteiger partial charge is 0.338 e. The third-order valence-corrected chi connectivity index (χ3v) is 7.85. The van der Waals surface area contributed by atoms with Crippen molar-refractivity contribution in [1.82, 2.24) is 4.57 Å². The van der Waals surface area contributed by atoms with Crippen LogP contribution in [0.25, 0.3) is 6.08 Å². The summed E-state index contributed by atoms with van der Waals surface area (Å²) >= 11 is 8.02. The van der Waals surface area contributed by atoms with Crippen molar-refractivity contribution in [3.8, 4) is 17.2 Å². The number of carbonyl (C=O) groups is 2. The van der Waals surface area contributed by atoms with Crippen LogP contribution in [-0.4, -0.2) is 37.3 Å². The van der Waals surface area contributed by atoms with Gasteiger partial charge in [0.1, 0.15) is 17.5 Å². The summed E-state index contributed by atoms with van der Waals surface area (Å²) in [5.74, 6) is 0.172. The summed E-state index contributed by atoms with van der Waals surface area (Å²) in [6.45, 7) is 4.87. The third-order valence-electron chi connectivity index (χ3n) is 5.82. The van der Waals surface area contributed by atoms with Crippen LogP contribution in [0.4, 0.5) is 0 Å². The fraction of sp³-hybridized carbons (Fsp3) is 0.259. The van der Waals surface area contributed by atoms with Crippen LogP contribution >= 0.6 is 43.2 Å². The van der Waals surface area contributed by atoms with Gasteiger partial charge in [0.2, 0.25) is 0 Å². The van der Waals surface area contributed by atoms with Crippen molar-refractivity contribution in [2.24, 2.45) is 4.99 Å². The molecule has 1 aromatic heterocycles. The summed E-state index contributed by atoms with van der Waals surface area (Å²) in [6.07, 6.45) is 1.63. The van der Waals surface area contributed by atoms with Gasteiger partial charge in [0.15, 0.2) is 10.6 Å². The lowest BCUT2D eigenvalue weighted by Crippen LogP contribution is -2.40. The van der Waals surface area contributed by atoms with Gasteiger partial charge < -0.3 is 18.9 Å². The zero-order chi connectivity index (χ0) is 28.4. The first kappa shape index (κ1) is 28.8. The predicted molar refractivity (Wildman–Crippen MR) is 153 cm³/mol. The molecule has 1 aliphatic heterocycles. The Morgan fingerprint density at radius 2 is 1.90 bits per heavy atom. The largest absolute Gasteiger partial charge is 0.497 e. The molecular formula is C27H24Br2N2O7S. The molecule has 0 aliphatic carbocycles. The molecule has 0 saturated heterocycles. The van der Waals surface area contributed by atoms with Gasteiger partial charge in [-0.25, -0.2) is 9.79 Å². The Hall–Kier alpha value is -3.22. The van der Waals surface area contributed by atoms with Crippen LogP contribution in [0.1, 0.15) is 37.9 Å². The zero-order valence-corrected chi connectivity index (χ0v) is 25.7. The van der Waals surface area contributed by atoms with E-state index >= 15 is 0 Å². The maximum atomic E-state index is 14.0. The number of methoxy groups -OCH3 is 2. The van der Waals surface area contributed by atoms with Crippen LogP contribution in [0, 0.1) is 0 Å². The highest BCUT2D eigenvalue weighted by Crippen LogP contribution is 2.38. The Labute approximate surface area is 244 Å². The second kappa shape index (κ2) is 11.9. The van der Waals surface area contributed by atoms with E-state index in [0.29, 0.717) is 46.6 Å². The molecule has 0 amide bonds. The molecule has 3 aromatic rings. The minimum atomic E-state index is -0.870. The Kier molecular flexibility index (Phi) is 8.77. The van der Waals surface area contributed by atoms with Crippen molar-refractivity contribution in [1.29, 1.82) is 0 Å². The summed E-state index contributed by atoms with van der Waals surface area (Å²) < 4.78 is 24.8. The van der Waals surface area contributed by atoms with E-state index in [2.05, 4.69) is 36.9 Å². The molecule has 0 saturated carbocycles. The van der Waals surface area contributed by atoms with E-state index in [4.69, 9.17) is 18.9 Å². The number of hydrogen-bond acceptors (Lipinski definition) is 9. The number of nitrogens with zero attached hydrogens (tertiary/aromatic N) is 2. The van der Waals surface area contributed by atoms with Crippen molar-refractivity contribution < 1.29 is 28.5 Å². The van der Waals surface area contributed by atoms with Gasteiger partial charge >= 0.3 is 11.9 Å². The Morgan fingerprint density at radius 1 is 1.15 bits per heavy atom. The van der Waals surface area contributed by atoms with Crippen LogP contribution < -0.4 is 29.1 Å². The van der Waals surface area contributed by atoms with E-state index in [1.807, 2.05) is 0 Å². The van der Waals surface area contributed by atoms with Crippen LogP contribution in [0.5, 0.6) is 17.2 Å². The van der Waals surface area contributed by atoms with Gasteiger partial charge in [-0.05, 0) is 60.1 Å². The standard InChI is InChI=1S/C27H24Br2N2O7S/c1-6-37-26(34)22-13(2)30-27-31(23(22)18-8-7-17(35-4)12-20(18)36-5)25(33)21(39-27)10-15-9-16(28)11-19(29)24(15)38-14(3)32/h7-12,23H,6H2,1-5H3/b21-10-/t23-/m1/s1.